The predicted octanol–water partition coefficient (Wildman–Crippen LogP) is 4.24. The van der Waals surface area contributed by atoms with Gasteiger partial charge in [0.15, 0.2) is 0 Å². The number of hydrogen-bond acceptors (Lipinski definition) is 5. The fourth-order valence-electron chi connectivity index (χ4n) is 4.00. The van der Waals surface area contributed by atoms with Crippen molar-refractivity contribution < 1.29 is 19.4 Å². The third kappa shape index (κ3) is 5.02. The Bertz CT molecular complexity index is 963. The SMILES string of the molecule is CCN(CC)CCN1C(=O)C(=O)/C(=C(/O)c2ccccc2)[C@@H]1c1ccc(OC(C)C)cc1. The molecule has 0 radical (unpaired) electrons. The number of ether oxygens (including phenoxy) is 1. The molecule has 0 unspecified atom stereocenters. The second-order valence-corrected chi connectivity index (χ2v) is 8.12. The molecule has 1 heterocycles. The van der Waals surface area contributed by atoms with E-state index >= 15 is 0 Å². The molecule has 6 heteroatoms. The highest BCUT2D eigenvalue weighted by Crippen LogP contribution is 2.39. The van der Waals surface area contributed by atoms with Gasteiger partial charge in [0.25, 0.3) is 11.7 Å². The van der Waals surface area contributed by atoms with E-state index < -0.39 is 17.7 Å². The van der Waals surface area contributed by atoms with Crippen LogP contribution in [-0.4, -0.2) is 58.9 Å². The molecule has 0 aromatic heterocycles. The van der Waals surface area contributed by atoms with Gasteiger partial charge >= 0.3 is 0 Å². The minimum Gasteiger partial charge on any atom is -0.507 e. The highest BCUT2D eigenvalue weighted by Gasteiger charge is 2.45. The second-order valence-electron chi connectivity index (χ2n) is 8.12. The average Bonchev–Trinajstić information content (AvgIpc) is 3.05. The largest absolute Gasteiger partial charge is 0.507 e. The molecule has 32 heavy (non-hydrogen) atoms. The number of likely N-dealkylation sites (N-methyl/N-ethyl adjacent to an activating group) is 1. The molecule has 6 nitrogen and oxygen atoms in total. The molecule has 1 fully saturated rings. The Balaban J connectivity index is 2.05. The van der Waals surface area contributed by atoms with Gasteiger partial charge in [-0.2, -0.15) is 0 Å². The molecule has 2 aromatic rings. The standard InChI is InChI=1S/C26H32N2O4/c1-5-27(6-2)16-17-28-23(19-12-14-21(15-13-19)32-18(3)4)22(25(30)26(28)31)24(29)20-10-8-7-9-11-20/h7-15,18,23,29H,5-6,16-17H2,1-4H3/b24-22+/t23-/m0/s1. The van der Waals surface area contributed by atoms with Crippen LogP contribution in [0.25, 0.3) is 5.76 Å². The summed E-state index contributed by atoms with van der Waals surface area (Å²) in [7, 11) is 0. The lowest BCUT2D eigenvalue weighted by atomic mass is 9.95. The van der Waals surface area contributed by atoms with Crippen molar-refractivity contribution in [3.8, 4) is 5.75 Å². The summed E-state index contributed by atoms with van der Waals surface area (Å²) in [4.78, 5) is 29.9. The lowest BCUT2D eigenvalue weighted by Crippen LogP contribution is -2.38. The van der Waals surface area contributed by atoms with Crippen molar-refractivity contribution >= 4 is 17.4 Å². The first-order valence-corrected chi connectivity index (χ1v) is 11.2. The maximum atomic E-state index is 13.1. The molecule has 1 saturated heterocycles. The van der Waals surface area contributed by atoms with Gasteiger partial charge in [-0.05, 0) is 44.6 Å². The second kappa shape index (κ2) is 10.5. The van der Waals surface area contributed by atoms with Crippen LogP contribution in [-0.2, 0) is 9.59 Å². The van der Waals surface area contributed by atoms with Crippen LogP contribution in [0.15, 0.2) is 60.2 Å². The van der Waals surface area contributed by atoms with Crippen molar-refractivity contribution in [2.24, 2.45) is 0 Å². The van der Waals surface area contributed by atoms with Crippen LogP contribution in [0.3, 0.4) is 0 Å². The number of rotatable bonds is 9. The fraction of sp³-hybridized carbons (Fsp3) is 0.385. The molecular formula is C26H32N2O4. The minimum absolute atomic E-state index is 0.0404. The molecule has 0 aliphatic carbocycles. The molecule has 3 rings (SSSR count). The Morgan fingerprint density at radius 3 is 2.22 bits per heavy atom. The smallest absolute Gasteiger partial charge is 0.295 e. The Morgan fingerprint density at radius 1 is 1.03 bits per heavy atom. The molecule has 1 N–H and O–H groups in total. The van der Waals surface area contributed by atoms with E-state index in [4.69, 9.17) is 4.74 Å². The molecule has 0 bridgehead atoms. The first kappa shape index (κ1) is 23.5. The number of benzene rings is 2. The zero-order chi connectivity index (χ0) is 23.3. The first-order valence-electron chi connectivity index (χ1n) is 11.2. The monoisotopic (exact) mass is 436 g/mol. The minimum atomic E-state index is -0.654. The fourth-order valence-corrected chi connectivity index (χ4v) is 4.00. The number of likely N-dealkylation sites (tertiary alicyclic amines) is 1. The van der Waals surface area contributed by atoms with E-state index in [1.54, 1.807) is 29.2 Å². The van der Waals surface area contributed by atoms with E-state index in [-0.39, 0.29) is 17.4 Å². The van der Waals surface area contributed by atoms with Gasteiger partial charge in [0.05, 0.1) is 17.7 Å². The van der Waals surface area contributed by atoms with Crippen LogP contribution in [0, 0.1) is 0 Å². The Kier molecular flexibility index (Phi) is 7.70. The third-order valence-electron chi connectivity index (χ3n) is 5.71. The number of hydrogen-bond donors (Lipinski definition) is 1. The highest BCUT2D eigenvalue weighted by atomic mass is 16.5. The number of ketones is 1. The zero-order valence-electron chi connectivity index (χ0n) is 19.2. The summed E-state index contributed by atoms with van der Waals surface area (Å²) >= 11 is 0. The lowest BCUT2D eigenvalue weighted by Gasteiger charge is -2.28. The molecule has 170 valence electrons. The number of carbonyl (C=O) groups excluding carboxylic acids is 2. The number of carbonyl (C=O) groups is 2. The van der Waals surface area contributed by atoms with Gasteiger partial charge in [-0.1, -0.05) is 56.3 Å². The quantitative estimate of drug-likeness (QED) is 0.362. The van der Waals surface area contributed by atoms with Gasteiger partial charge in [0.2, 0.25) is 0 Å². The summed E-state index contributed by atoms with van der Waals surface area (Å²) in [6, 6.07) is 15.6. The van der Waals surface area contributed by atoms with Crippen LogP contribution >= 0.6 is 0 Å². The van der Waals surface area contributed by atoms with Gasteiger partial charge in [-0.25, -0.2) is 0 Å². The summed E-state index contributed by atoms with van der Waals surface area (Å²) in [5.41, 5.74) is 1.40. The van der Waals surface area contributed by atoms with Crippen molar-refractivity contribution in [3.63, 3.8) is 0 Å². The summed E-state index contributed by atoms with van der Waals surface area (Å²) in [6.07, 6.45) is 0.0404. The molecule has 0 saturated carbocycles. The van der Waals surface area contributed by atoms with Gasteiger partial charge in [0.1, 0.15) is 11.5 Å². The van der Waals surface area contributed by atoms with Gasteiger partial charge in [-0.15, -0.1) is 0 Å². The lowest BCUT2D eigenvalue weighted by molar-refractivity contribution is -0.140. The number of aliphatic hydroxyl groups is 1. The number of aliphatic hydroxyl groups excluding tert-OH is 1. The molecular weight excluding hydrogens is 404 g/mol. The maximum Gasteiger partial charge on any atom is 0.295 e. The van der Waals surface area contributed by atoms with Crippen LogP contribution < -0.4 is 4.74 Å². The van der Waals surface area contributed by atoms with Crippen molar-refractivity contribution in [2.75, 3.05) is 26.2 Å². The van der Waals surface area contributed by atoms with Gasteiger partial charge < -0.3 is 19.6 Å². The van der Waals surface area contributed by atoms with Crippen LogP contribution in [0.1, 0.15) is 44.9 Å². The zero-order valence-corrected chi connectivity index (χ0v) is 19.2. The van der Waals surface area contributed by atoms with E-state index in [1.807, 2.05) is 44.2 Å². The Morgan fingerprint density at radius 2 is 1.66 bits per heavy atom. The normalized spacial score (nSPS) is 18.1. The van der Waals surface area contributed by atoms with Crippen molar-refractivity contribution in [1.82, 2.24) is 9.80 Å². The Labute approximate surface area is 190 Å². The Hall–Kier alpha value is -3.12. The van der Waals surface area contributed by atoms with E-state index in [2.05, 4.69) is 18.7 Å². The molecule has 0 spiro atoms. The van der Waals surface area contributed by atoms with E-state index in [0.29, 0.717) is 24.4 Å². The number of nitrogens with zero attached hydrogens (tertiary/aromatic N) is 2. The molecule has 1 atom stereocenters. The molecule has 2 aromatic carbocycles. The number of amides is 1. The predicted molar refractivity (Wildman–Crippen MR) is 125 cm³/mol. The number of Topliss-reactive ketones (excluding diaryl/α,β-unsaturated/α-hetero) is 1. The summed E-state index contributed by atoms with van der Waals surface area (Å²) in [6.45, 7) is 10.8. The van der Waals surface area contributed by atoms with Gasteiger partial charge in [-0.3, -0.25) is 9.59 Å². The van der Waals surface area contributed by atoms with E-state index in [0.717, 1.165) is 18.7 Å². The van der Waals surface area contributed by atoms with Crippen LogP contribution in [0.4, 0.5) is 0 Å². The first-order chi connectivity index (χ1) is 15.4. The van der Waals surface area contributed by atoms with Gasteiger partial charge in [0, 0.05) is 18.7 Å². The van der Waals surface area contributed by atoms with Crippen LogP contribution in [0.5, 0.6) is 5.75 Å². The van der Waals surface area contributed by atoms with Crippen molar-refractivity contribution in [1.29, 1.82) is 0 Å². The average molecular weight is 437 g/mol. The highest BCUT2D eigenvalue weighted by molar-refractivity contribution is 6.46. The molecule has 1 amide bonds. The molecule has 1 aliphatic rings. The van der Waals surface area contributed by atoms with Crippen molar-refractivity contribution in [3.05, 3.63) is 71.3 Å². The summed E-state index contributed by atoms with van der Waals surface area (Å²) in [5.74, 6) is -0.672. The summed E-state index contributed by atoms with van der Waals surface area (Å²) in [5, 5.41) is 11.0. The third-order valence-corrected chi connectivity index (χ3v) is 5.71. The molecule has 1 aliphatic heterocycles. The van der Waals surface area contributed by atoms with Crippen molar-refractivity contribution in [2.45, 2.75) is 39.8 Å². The summed E-state index contributed by atoms with van der Waals surface area (Å²) < 4.78 is 5.74. The van der Waals surface area contributed by atoms with Crippen LogP contribution in [0.2, 0.25) is 0 Å². The maximum absolute atomic E-state index is 13.1. The van der Waals surface area contributed by atoms with E-state index in [9.17, 15) is 14.7 Å². The van der Waals surface area contributed by atoms with E-state index in [1.165, 1.54) is 0 Å². The topological polar surface area (TPSA) is 70.1 Å².